The molecule has 1 unspecified atom stereocenters. The Morgan fingerprint density at radius 3 is 2.46 bits per heavy atom. The van der Waals surface area contributed by atoms with Crippen LogP contribution in [0, 0.1) is 17.8 Å². The molecule has 0 aliphatic carbocycles. The second-order valence-electron chi connectivity index (χ2n) is 14.2. The summed E-state index contributed by atoms with van der Waals surface area (Å²) in [7, 11) is 0. The summed E-state index contributed by atoms with van der Waals surface area (Å²) in [5.74, 6) is -3.82. The Hall–Kier alpha value is -4.32. The molecule has 3 amide bonds. The van der Waals surface area contributed by atoms with E-state index < -0.39 is 59.5 Å². The van der Waals surface area contributed by atoms with E-state index in [1.807, 2.05) is 86.6 Å². The Morgan fingerprint density at radius 1 is 1.08 bits per heavy atom. The van der Waals surface area contributed by atoms with Crippen molar-refractivity contribution in [2.75, 3.05) is 24.7 Å². The molecule has 3 aromatic carbocycles. The molecule has 6 rings (SSSR count). The SMILES string of the molecule is C=CCCC(=O)OC[C@H](NC(=O)[C@H]1[C@@H]2O[C@@]3(CC2Br)[C@@H]1C(=O)N([C@@H](CO)C(C)C)[C@@H]3C(=O)N(CC=C)c1ccc2ccccc2c1)c1ccccc1. The highest BCUT2D eigenvalue weighted by atomic mass is 79.9. The molecule has 2 bridgehead atoms. The van der Waals surface area contributed by atoms with Crippen LogP contribution in [0.25, 0.3) is 10.8 Å². The van der Waals surface area contributed by atoms with E-state index >= 15 is 4.79 Å². The molecule has 3 aromatic rings. The van der Waals surface area contributed by atoms with Gasteiger partial charge in [0, 0.05) is 23.5 Å². The number of anilines is 1. The minimum atomic E-state index is -1.35. The van der Waals surface area contributed by atoms with E-state index in [4.69, 9.17) is 9.47 Å². The van der Waals surface area contributed by atoms with Crippen molar-refractivity contribution in [3.05, 3.63) is 104 Å². The van der Waals surface area contributed by atoms with Crippen molar-refractivity contribution >= 4 is 56.1 Å². The van der Waals surface area contributed by atoms with Gasteiger partial charge in [-0.1, -0.05) is 103 Å². The molecule has 3 aliphatic heterocycles. The van der Waals surface area contributed by atoms with Gasteiger partial charge in [-0.05, 0) is 47.2 Å². The second kappa shape index (κ2) is 15.7. The number of benzene rings is 3. The molecule has 0 aromatic heterocycles. The number of nitrogens with zero attached hydrogens (tertiary/aromatic N) is 2. The van der Waals surface area contributed by atoms with Gasteiger partial charge in [0.25, 0.3) is 5.91 Å². The largest absolute Gasteiger partial charge is 0.463 e. The number of nitrogens with one attached hydrogen (secondary N) is 1. The Labute approximate surface area is 313 Å². The molecule has 1 spiro atoms. The van der Waals surface area contributed by atoms with E-state index in [9.17, 15) is 19.5 Å². The first-order chi connectivity index (χ1) is 25.1. The zero-order chi connectivity index (χ0) is 37.2. The van der Waals surface area contributed by atoms with Crippen LogP contribution in [0.4, 0.5) is 5.69 Å². The fourth-order valence-corrected chi connectivity index (χ4v) is 9.15. The lowest BCUT2D eigenvalue weighted by molar-refractivity contribution is -0.147. The summed E-state index contributed by atoms with van der Waals surface area (Å²) in [4.78, 5) is 59.7. The Bertz CT molecular complexity index is 1840. The molecule has 8 atom stereocenters. The number of carbonyl (C=O) groups is 4. The molecule has 11 heteroatoms. The lowest BCUT2D eigenvalue weighted by Gasteiger charge is -2.40. The molecule has 2 N–H and O–H groups in total. The van der Waals surface area contributed by atoms with Gasteiger partial charge in [0.15, 0.2) is 0 Å². The van der Waals surface area contributed by atoms with Gasteiger partial charge in [0.1, 0.15) is 18.2 Å². The number of ether oxygens (including phenoxy) is 2. The number of rotatable bonds is 15. The minimum absolute atomic E-state index is 0.110. The smallest absolute Gasteiger partial charge is 0.306 e. The van der Waals surface area contributed by atoms with Crippen LogP contribution in [-0.4, -0.2) is 82.1 Å². The third-order valence-electron chi connectivity index (χ3n) is 10.7. The van der Waals surface area contributed by atoms with Gasteiger partial charge < -0.3 is 29.7 Å². The molecule has 10 nitrogen and oxygen atoms in total. The first-order valence-corrected chi connectivity index (χ1v) is 18.8. The maximum Gasteiger partial charge on any atom is 0.306 e. The van der Waals surface area contributed by atoms with Gasteiger partial charge in [-0.15, -0.1) is 13.2 Å². The Balaban J connectivity index is 1.37. The maximum absolute atomic E-state index is 15.1. The van der Waals surface area contributed by atoms with Gasteiger partial charge in [-0.3, -0.25) is 19.2 Å². The number of carbonyl (C=O) groups excluding carboxylic acids is 4. The van der Waals surface area contributed by atoms with Crippen LogP contribution < -0.4 is 10.2 Å². The van der Waals surface area contributed by atoms with Gasteiger partial charge in [-0.25, -0.2) is 0 Å². The van der Waals surface area contributed by atoms with E-state index in [1.165, 1.54) is 4.90 Å². The average molecular weight is 773 g/mol. The monoisotopic (exact) mass is 771 g/mol. The standard InChI is InChI=1S/C41H46BrN3O7/c1-5-7-17-33(47)51-24-31(27-14-9-8-10-15-27)43-38(48)34-35-39(49)45(32(23-46)25(3)4)37(41(35)22-30(42)36(34)52-41)40(50)44(20-6-2)29-19-18-26-13-11-12-16-28(26)21-29/h5-6,8-16,18-19,21,25,30-32,34-37,46H,1-2,7,17,20,22-24H2,3-4H3,(H,43,48)/t30?,31-,32-,34+,35-,36+,37+,41-/m0/s1. The van der Waals surface area contributed by atoms with Crippen molar-refractivity contribution in [1.29, 1.82) is 0 Å². The normalized spacial score (nSPS) is 25.8. The van der Waals surface area contributed by atoms with Crippen molar-refractivity contribution in [2.24, 2.45) is 17.8 Å². The van der Waals surface area contributed by atoms with Gasteiger partial charge >= 0.3 is 5.97 Å². The number of alkyl halides is 1. The van der Waals surface area contributed by atoms with Crippen LogP contribution in [0.3, 0.4) is 0 Å². The molecular formula is C41H46BrN3O7. The number of fused-ring (bicyclic) bond motifs is 2. The second-order valence-corrected chi connectivity index (χ2v) is 15.3. The Morgan fingerprint density at radius 2 is 1.79 bits per heavy atom. The Kier molecular flexibility index (Phi) is 11.3. The predicted molar refractivity (Wildman–Crippen MR) is 202 cm³/mol. The third kappa shape index (κ3) is 6.81. The summed E-state index contributed by atoms with van der Waals surface area (Å²) in [5.41, 5.74) is 0.00331. The van der Waals surface area contributed by atoms with E-state index in [-0.39, 0.29) is 42.8 Å². The zero-order valence-corrected chi connectivity index (χ0v) is 31.1. The quantitative estimate of drug-likeness (QED) is 0.119. The first-order valence-electron chi connectivity index (χ1n) is 17.8. The third-order valence-corrected chi connectivity index (χ3v) is 11.5. The van der Waals surface area contributed by atoms with Gasteiger partial charge in [0.2, 0.25) is 11.8 Å². The highest BCUT2D eigenvalue weighted by molar-refractivity contribution is 9.09. The van der Waals surface area contributed by atoms with Crippen LogP contribution in [0.15, 0.2) is 98.1 Å². The molecule has 3 aliphatic rings. The summed E-state index contributed by atoms with van der Waals surface area (Å²) in [6.45, 7) is 11.0. The van der Waals surface area contributed by atoms with Gasteiger partial charge in [0.05, 0.1) is 36.6 Å². The summed E-state index contributed by atoms with van der Waals surface area (Å²) < 4.78 is 12.3. The predicted octanol–water partition coefficient (Wildman–Crippen LogP) is 5.49. The summed E-state index contributed by atoms with van der Waals surface area (Å²) in [6, 6.07) is 20.2. The summed E-state index contributed by atoms with van der Waals surface area (Å²) >= 11 is 3.76. The average Bonchev–Trinajstić information content (AvgIpc) is 3.74. The highest BCUT2D eigenvalue weighted by Crippen LogP contribution is 2.61. The molecule has 0 radical (unpaired) electrons. The lowest BCUT2D eigenvalue weighted by atomic mass is 9.70. The molecular weight excluding hydrogens is 726 g/mol. The molecule has 274 valence electrons. The number of halogens is 1. The van der Waals surface area contributed by atoms with Gasteiger partial charge in [-0.2, -0.15) is 0 Å². The van der Waals surface area contributed by atoms with Crippen molar-refractivity contribution in [1.82, 2.24) is 10.2 Å². The summed E-state index contributed by atoms with van der Waals surface area (Å²) in [6.07, 6.45) is 3.50. The fraction of sp³-hybridized carbons (Fsp3) is 0.415. The number of esters is 1. The van der Waals surface area contributed by atoms with Crippen LogP contribution >= 0.6 is 15.9 Å². The number of likely N-dealkylation sites (tertiary alicyclic amines) is 1. The highest BCUT2D eigenvalue weighted by Gasteiger charge is 2.77. The van der Waals surface area contributed by atoms with Crippen LogP contribution in [0.1, 0.15) is 44.7 Å². The maximum atomic E-state index is 15.1. The number of allylic oxidation sites excluding steroid dienone is 1. The van der Waals surface area contributed by atoms with Crippen LogP contribution in [0.2, 0.25) is 0 Å². The molecule has 3 saturated heterocycles. The van der Waals surface area contributed by atoms with E-state index in [0.29, 0.717) is 18.5 Å². The van der Waals surface area contributed by atoms with E-state index in [2.05, 4.69) is 34.4 Å². The topological polar surface area (TPSA) is 125 Å². The molecule has 3 fully saturated rings. The van der Waals surface area contributed by atoms with Crippen LogP contribution in [0.5, 0.6) is 0 Å². The van der Waals surface area contributed by atoms with Crippen molar-refractivity contribution < 1.29 is 33.8 Å². The number of aliphatic hydroxyl groups excluding tert-OH is 1. The zero-order valence-electron chi connectivity index (χ0n) is 29.5. The lowest BCUT2D eigenvalue weighted by Crippen LogP contribution is -2.60. The van der Waals surface area contributed by atoms with Crippen molar-refractivity contribution in [2.45, 2.75) is 67.8 Å². The number of hydrogen-bond acceptors (Lipinski definition) is 7. The molecule has 52 heavy (non-hydrogen) atoms. The van der Waals surface area contributed by atoms with E-state index in [1.54, 1.807) is 17.1 Å². The van der Waals surface area contributed by atoms with Crippen molar-refractivity contribution in [3.63, 3.8) is 0 Å². The first kappa shape index (κ1) is 37.4. The molecule has 0 saturated carbocycles. The number of aliphatic hydroxyl groups is 1. The fourth-order valence-electron chi connectivity index (χ4n) is 8.21. The minimum Gasteiger partial charge on any atom is -0.463 e. The molecule has 3 heterocycles. The summed E-state index contributed by atoms with van der Waals surface area (Å²) in [5, 5.41) is 15.7. The van der Waals surface area contributed by atoms with E-state index in [0.717, 1.165) is 16.3 Å². The van der Waals surface area contributed by atoms with Crippen molar-refractivity contribution in [3.8, 4) is 0 Å². The number of hydrogen-bond donors (Lipinski definition) is 2. The van der Waals surface area contributed by atoms with Crippen LogP contribution in [-0.2, 0) is 28.7 Å². The number of amides is 3.